The number of hydrogen-bond acceptors (Lipinski definition) is 27. The maximum Gasteiger partial charge on any atom is 0.516 e. The van der Waals surface area contributed by atoms with Gasteiger partial charge in [-0.15, -0.1) is 0 Å². The largest absolute Gasteiger partial charge is 0.516 e. The van der Waals surface area contributed by atoms with E-state index in [-0.39, 0.29) is 65.8 Å². The second-order valence-corrected chi connectivity index (χ2v) is 30.2. The van der Waals surface area contributed by atoms with Crippen LogP contribution in [0.2, 0.25) is 0 Å². The molecule has 1 saturated carbocycles. The highest BCUT2D eigenvalue weighted by molar-refractivity contribution is 6.31. The highest BCUT2D eigenvalue weighted by Gasteiger charge is 2.52. The summed E-state index contributed by atoms with van der Waals surface area (Å²) in [6.45, 7) is 2.12. The van der Waals surface area contributed by atoms with E-state index in [4.69, 9.17) is 29.4 Å². The molecule has 0 radical (unpaired) electrons. The SMILES string of the molecule is COc1cccc2c1C(=O)c1c(O)c3c(c(O)c1C2=O)C[C@@](O)(C(=O)CO)C[C@@H]3O[C@H]1C[C@H](NC(=O)[C@H](CC(C)C)NC(=O)[C@H](CO)NC(=O)[C@H](CCC(N)=O)NC(=O)[C@@H](NC(=O)[C@H](CO)NC(=O)[C@H](C)NC(=O)[C@@H]2C[C@@H](O)CN2C(=O)CCC(=O)OC(=O)OCC2c3ccccc3-c3ccccc32)C2CCCCC2)[C@H](O)[C@H](C)O1. The van der Waals surface area contributed by atoms with Crippen LogP contribution in [0.15, 0.2) is 66.7 Å². The lowest BCUT2D eigenvalue weighted by Crippen LogP contribution is -2.62. The standard InChI is InChI=1S/C79H97N9O27/c1-36(2)26-50(73(104)83-49-28-60(113-38(4)66(49)97)114-55-30-79(110,56(93)34-91)29-46-62(55)70(101)64-63(68(46)99)67(98)45-20-13-21-54(111-5)61(45)69(64)100)84-74(105)51(32-89)86-72(103)48(22-23-57(80)94)82-77(108)65(39-14-7-6-8-15-39)87-75(106)52(33-90)85-71(102)37(3)81-76(107)53-27-40(92)31-88(53)58(95)24-25-59(96)115-78(109)112-35-47-43-18-11-9-16-41(43)42-17-10-12-19-44(42)47/h9-13,16-21,36-40,47-53,55,60,65-66,89-92,97,99,101,110H,6-8,14-15,22-35H2,1-5H3,(H2,80,94)(H,81,107)(H,82,108)(H,83,104)(H,84,105)(H,85,102)(H,86,103)(H,87,106)/t37-,38-,40+,48-,49-,50-,51-,52-,53-,55-,60-,65-,66+,79-/m0/s1. The molecule has 0 spiro atoms. The monoisotopic (exact) mass is 1600 g/mol. The number of aromatic hydroxyl groups is 2. The van der Waals surface area contributed by atoms with Crippen LogP contribution in [-0.4, -0.2) is 247 Å². The highest BCUT2D eigenvalue weighted by Crippen LogP contribution is 2.53. The van der Waals surface area contributed by atoms with E-state index in [1.54, 1.807) is 13.8 Å². The number of benzene rings is 4. The van der Waals surface area contributed by atoms with Crippen molar-refractivity contribution in [2.45, 2.75) is 208 Å². The number of methoxy groups -OCH3 is 1. The van der Waals surface area contributed by atoms with Gasteiger partial charge in [-0.25, -0.2) is 4.79 Å². The molecule has 14 atom stereocenters. The van der Waals surface area contributed by atoms with Crippen molar-refractivity contribution in [3.05, 3.63) is 111 Å². The highest BCUT2D eigenvalue weighted by atomic mass is 16.7. The van der Waals surface area contributed by atoms with E-state index in [0.29, 0.717) is 25.7 Å². The molecular formula is C79H97N9O27. The molecule has 0 bridgehead atoms. The Morgan fingerprint density at radius 1 is 0.670 bits per heavy atom. The van der Waals surface area contributed by atoms with Crippen molar-refractivity contribution < 1.29 is 132 Å². The summed E-state index contributed by atoms with van der Waals surface area (Å²) in [7, 11) is 1.25. The number of carbonyl (C=O) groups excluding carboxylic acids is 14. The molecule has 2 saturated heterocycles. The van der Waals surface area contributed by atoms with Crippen molar-refractivity contribution in [1.82, 2.24) is 42.1 Å². The van der Waals surface area contributed by atoms with Gasteiger partial charge in [0.25, 0.3) is 0 Å². The zero-order valence-electron chi connectivity index (χ0n) is 63.9. The van der Waals surface area contributed by atoms with Crippen molar-refractivity contribution in [1.29, 1.82) is 0 Å². The number of fused-ring (bicyclic) bond motifs is 6. The van der Waals surface area contributed by atoms with E-state index < -0.39 is 261 Å². The van der Waals surface area contributed by atoms with Gasteiger partial charge in [-0.1, -0.05) is 93.8 Å². The van der Waals surface area contributed by atoms with Crippen molar-refractivity contribution >= 4 is 82.6 Å². The third-order valence-corrected chi connectivity index (χ3v) is 21.8. The number of amides is 9. The molecule has 0 aromatic heterocycles. The first kappa shape index (κ1) is 86.5. The van der Waals surface area contributed by atoms with Crippen LogP contribution in [0.4, 0.5) is 4.79 Å². The van der Waals surface area contributed by atoms with Gasteiger partial charge in [0.15, 0.2) is 17.9 Å². The number of β-amino-alcohol motifs (C(OH)–C–C–N with tert-alkyl or cyclic N) is 1. The van der Waals surface area contributed by atoms with Crippen LogP contribution < -0.4 is 47.7 Å². The lowest BCUT2D eigenvalue weighted by atomic mass is 9.72. The average Bonchev–Trinajstić information content (AvgIpc) is 1.33. The van der Waals surface area contributed by atoms with E-state index >= 15 is 0 Å². The molecule has 2 aliphatic heterocycles. The fourth-order valence-corrected chi connectivity index (χ4v) is 15.8. The fraction of sp³-hybridized carbons (Fsp3) is 0.519. The number of ketones is 3. The Bertz CT molecular complexity index is 4390. The number of nitrogens with zero attached hydrogens (tertiary/aromatic N) is 1. The van der Waals surface area contributed by atoms with Gasteiger partial charge in [0.05, 0.1) is 67.8 Å². The van der Waals surface area contributed by atoms with Crippen molar-refractivity contribution in [2.24, 2.45) is 17.6 Å². The minimum absolute atomic E-state index is 0.0321. The molecule has 36 heteroatoms. The van der Waals surface area contributed by atoms with E-state index in [1.807, 2.05) is 48.5 Å². The summed E-state index contributed by atoms with van der Waals surface area (Å²) < 4.78 is 27.9. The molecule has 10 rings (SSSR count). The Hall–Kier alpha value is -10.9. The van der Waals surface area contributed by atoms with Crippen LogP contribution in [0, 0.1) is 11.8 Å². The maximum atomic E-state index is 14.6. The number of rotatable bonds is 32. The van der Waals surface area contributed by atoms with Gasteiger partial charge in [0.1, 0.15) is 84.5 Å². The Morgan fingerprint density at radius 2 is 1.27 bits per heavy atom. The van der Waals surface area contributed by atoms with Gasteiger partial charge < -0.3 is 112 Å². The zero-order chi connectivity index (χ0) is 83.6. The maximum absolute atomic E-state index is 14.6. The van der Waals surface area contributed by atoms with Crippen LogP contribution in [0.1, 0.15) is 177 Å². The van der Waals surface area contributed by atoms with Crippen molar-refractivity contribution in [3.8, 4) is 28.4 Å². The molecule has 17 N–H and O–H groups in total. The number of phenolic OH excluding ortho intramolecular Hbond substituents is 2. The third-order valence-electron chi connectivity index (χ3n) is 21.8. The molecule has 4 aliphatic carbocycles. The van der Waals surface area contributed by atoms with Crippen LogP contribution in [0.5, 0.6) is 17.2 Å². The molecule has 6 aliphatic rings. The molecule has 4 aromatic rings. The molecule has 2 heterocycles. The predicted molar refractivity (Wildman–Crippen MR) is 398 cm³/mol. The van der Waals surface area contributed by atoms with E-state index in [2.05, 4.69) is 37.2 Å². The summed E-state index contributed by atoms with van der Waals surface area (Å²) in [5.41, 5.74) is 4.34. The molecule has 4 aromatic carbocycles. The number of primary amides is 1. The lowest BCUT2D eigenvalue weighted by molar-refractivity contribution is -0.249. The Balaban J connectivity index is 0.744. The van der Waals surface area contributed by atoms with E-state index in [0.717, 1.165) is 33.6 Å². The summed E-state index contributed by atoms with van der Waals surface area (Å²) in [6.07, 6.45) is -10.4. The number of aliphatic hydroxyl groups is 6. The molecule has 9 amide bonds. The smallest absolute Gasteiger partial charge is 0.507 e. The number of phenols is 2. The Morgan fingerprint density at radius 3 is 1.90 bits per heavy atom. The molecule has 3 fully saturated rings. The van der Waals surface area contributed by atoms with Gasteiger partial charge in [-0.05, 0) is 79.7 Å². The van der Waals surface area contributed by atoms with Gasteiger partial charge in [0, 0.05) is 67.7 Å². The Labute approximate surface area is 659 Å². The van der Waals surface area contributed by atoms with Gasteiger partial charge in [-0.2, -0.15) is 0 Å². The van der Waals surface area contributed by atoms with E-state index in [1.165, 1.54) is 39.2 Å². The fourth-order valence-electron chi connectivity index (χ4n) is 15.8. The topological polar surface area (TPSA) is 560 Å². The van der Waals surface area contributed by atoms with Crippen molar-refractivity contribution in [2.75, 3.05) is 40.1 Å². The first-order chi connectivity index (χ1) is 54.7. The summed E-state index contributed by atoms with van der Waals surface area (Å²) in [4.78, 5) is 193. The number of esters is 1. The summed E-state index contributed by atoms with van der Waals surface area (Å²) in [5, 5.41) is 106. The molecule has 115 heavy (non-hydrogen) atoms. The quantitative estimate of drug-likeness (QED) is 0.0142. The van der Waals surface area contributed by atoms with Crippen LogP contribution in [0.25, 0.3) is 11.1 Å². The van der Waals surface area contributed by atoms with Crippen LogP contribution >= 0.6 is 0 Å². The lowest BCUT2D eigenvalue weighted by Gasteiger charge is -2.43. The van der Waals surface area contributed by atoms with Gasteiger partial charge in [-0.3, -0.25) is 62.3 Å². The average molecular weight is 1600 g/mol. The number of likely N-dealkylation sites (tertiary alicyclic amines) is 1. The Kier molecular flexibility index (Phi) is 28.3. The second kappa shape index (κ2) is 37.6. The van der Waals surface area contributed by atoms with Crippen LogP contribution in [0.3, 0.4) is 0 Å². The summed E-state index contributed by atoms with van der Waals surface area (Å²) in [6, 6.07) is 6.76. The summed E-state index contributed by atoms with van der Waals surface area (Å²) >= 11 is 0. The van der Waals surface area contributed by atoms with Crippen molar-refractivity contribution in [3.63, 3.8) is 0 Å². The number of Topliss-reactive ketones (excluding diaryl/α,β-unsaturated/α-hetero) is 1. The number of hydrogen-bond donors (Lipinski definition) is 16. The minimum atomic E-state index is -2.52. The van der Waals surface area contributed by atoms with Gasteiger partial charge in [0.2, 0.25) is 58.9 Å². The molecule has 620 valence electrons. The molecule has 36 nitrogen and oxygen atoms in total. The number of aliphatic hydroxyl groups excluding tert-OH is 5. The normalized spacial score (nSPS) is 22.5. The number of ether oxygens (including phenoxy) is 5. The number of carbonyl (C=O) groups is 14. The first-order valence-corrected chi connectivity index (χ1v) is 38.1. The number of nitrogens with one attached hydrogen (secondary N) is 7. The third kappa shape index (κ3) is 19.6. The van der Waals surface area contributed by atoms with Crippen LogP contribution in [-0.2, 0) is 78.1 Å². The first-order valence-electron chi connectivity index (χ1n) is 38.1. The van der Waals surface area contributed by atoms with E-state index in [9.17, 15) is 108 Å². The minimum Gasteiger partial charge on any atom is -0.507 e. The molecule has 0 unspecified atom stereocenters. The molecular weight excluding hydrogens is 1510 g/mol. The number of nitrogens with two attached hydrogens (primary N) is 1. The zero-order valence-corrected chi connectivity index (χ0v) is 63.9. The predicted octanol–water partition coefficient (Wildman–Crippen LogP) is -0.802. The summed E-state index contributed by atoms with van der Waals surface area (Å²) in [5.74, 6) is -16.2. The van der Waals surface area contributed by atoms with Gasteiger partial charge >= 0.3 is 12.1 Å². The second-order valence-electron chi connectivity index (χ2n) is 30.2.